The van der Waals surface area contributed by atoms with Crippen molar-refractivity contribution in [1.82, 2.24) is 5.32 Å². The minimum atomic E-state index is -0.718. The van der Waals surface area contributed by atoms with Crippen molar-refractivity contribution in [3.63, 3.8) is 0 Å². The quantitative estimate of drug-likeness (QED) is 0.462. The molecule has 0 bridgehead atoms. The molecule has 0 aliphatic carbocycles. The highest BCUT2D eigenvalue weighted by Gasteiger charge is 2.38. The first kappa shape index (κ1) is 23.0. The number of carbonyl (C=O) groups excluding carboxylic acids is 2. The second kappa shape index (κ2) is 10.5. The van der Waals surface area contributed by atoms with E-state index in [0.717, 1.165) is 4.47 Å². The number of carbonyl (C=O) groups is 2. The van der Waals surface area contributed by atoms with E-state index in [9.17, 15) is 9.59 Å². The summed E-state index contributed by atoms with van der Waals surface area (Å²) in [6.07, 6.45) is 1.26. The maximum Gasteiger partial charge on any atom is 0.336 e. The fourth-order valence-corrected chi connectivity index (χ4v) is 3.38. The van der Waals surface area contributed by atoms with Crippen LogP contribution >= 0.6 is 15.9 Å². The zero-order valence-electron chi connectivity index (χ0n) is 17.2. The number of allylic oxidation sites excluding steroid dienone is 1. The predicted octanol–water partition coefficient (Wildman–Crippen LogP) is 3.44. The SMILES string of the molecule is COCCOC(=O)C1=C(C)NC=C(C(=O)OC(C)C)[C@H]1c1cc(Br)ccc1OC. The first-order valence-corrected chi connectivity index (χ1v) is 9.97. The Morgan fingerprint density at radius 1 is 1.17 bits per heavy atom. The third-order valence-corrected chi connectivity index (χ3v) is 4.76. The third-order valence-electron chi connectivity index (χ3n) is 4.27. The Hall–Kier alpha value is -2.32. The van der Waals surface area contributed by atoms with Crippen LogP contribution in [0.1, 0.15) is 32.3 Å². The molecule has 8 heteroatoms. The number of dihydropyridines is 1. The van der Waals surface area contributed by atoms with E-state index in [2.05, 4.69) is 21.2 Å². The van der Waals surface area contributed by atoms with Gasteiger partial charge in [0.05, 0.1) is 36.9 Å². The van der Waals surface area contributed by atoms with Gasteiger partial charge in [-0.05, 0) is 39.0 Å². The van der Waals surface area contributed by atoms with Gasteiger partial charge in [0.25, 0.3) is 0 Å². The Morgan fingerprint density at radius 2 is 1.90 bits per heavy atom. The van der Waals surface area contributed by atoms with Crippen molar-refractivity contribution in [3.05, 3.63) is 51.3 Å². The van der Waals surface area contributed by atoms with Crippen molar-refractivity contribution in [2.24, 2.45) is 0 Å². The molecule has 1 heterocycles. The fourth-order valence-electron chi connectivity index (χ4n) is 3.00. The van der Waals surface area contributed by atoms with Crippen LogP contribution in [0.2, 0.25) is 0 Å². The Balaban J connectivity index is 2.57. The van der Waals surface area contributed by atoms with Crippen molar-refractivity contribution in [2.45, 2.75) is 32.8 Å². The molecule has 0 unspecified atom stereocenters. The minimum absolute atomic E-state index is 0.101. The standard InChI is InChI=1S/C21H26BrNO6/c1-12(2)29-20(24)16-11-23-13(3)18(21(25)28-9-8-26-4)19(16)15-10-14(22)6-7-17(15)27-5/h6-7,10-12,19,23H,8-9H2,1-5H3/t19-/m1/s1. The van der Waals surface area contributed by atoms with Crippen molar-refractivity contribution in [1.29, 1.82) is 0 Å². The molecule has 1 aromatic rings. The highest BCUT2D eigenvalue weighted by Crippen LogP contribution is 2.42. The molecule has 0 saturated heterocycles. The number of hydrogen-bond acceptors (Lipinski definition) is 7. The molecule has 1 aliphatic heterocycles. The zero-order chi connectivity index (χ0) is 21.6. The van der Waals surface area contributed by atoms with Gasteiger partial charge < -0.3 is 24.3 Å². The average molecular weight is 468 g/mol. The van der Waals surface area contributed by atoms with Gasteiger partial charge in [-0.25, -0.2) is 9.59 Å². The summed E-state index contributed by atoms with van der Waals surface area (Å²) < 4.78 is 22.0. The van der Waals surface area contributed by atoms with Gasteiger partial charge in [-0.3, -0.25) is 0 Å². The van der Waals surface area contributed by atoms with E-state index in [1.165, 1.54) is 14.2 Å². The number of rotatable bonds is 8. The van der Waals surface area contributed by atoms with E-state index in [-0.39, 0.29) is 19.3 Å². The third kappa shape index (κ3) is 5.61. The van der Waals surface area contributed by atoms with E-state index in [4.69, 9.17) is 18.9 Å². The number of ether oxygens (including phenoxy) is 4. The molecule has 0 aromatic heterocycles. The Morgan fingerprint density at radius 3 is 2.52 bits per heavy atom. The highest BCUT2D eigenvalue weighted by molar-refractivity contribution is 9.10. The van der Waals surface area contributed by atoms with E-state index >= 15 is 0 Å². The van der Waals surface area contributed by atoms with Gasteiger partial charge in [-0.15, -0.1) is 0 Å². The van der Waals surface area contributed by atoms with E-state index in [1.54, 1.807) is 33.0 Å². The summed E-state index contributed by atoms with van der Waals surface area (Å²) in [5.74, 6) is -1.24. The summed E-state index contributed by atoms with van der Waals surface area (Å²) in [6, 6.07) is 5.42. The molecule has 0 saturated carbocycles. The van der Waals surface area contributed by atoms with Crippen LogP contribution in [0.15, 0.2) is 45.7 Å². The van der Waals surface area contributed by atoms with Crippen molar-refractivity contribution >= 4 is 27.9 Å². The van der Waals surface area contributed by atoms with Gasteiger partial charge in [0.2, 0.25) is 0 Å². The van der Waals surface area contributed by atoms with Crippen LogP contribution in [0, 0.1) is 0 Å². The van der Waals surface area contributed by atoms with Gasteiger partial charge in [0.1, 0.15) is 12.4 Å². The molecule has 29 heavy (non-hydrogen) atoms. The van der Waals surface area contributed by atoms with E-state index in [1.807, 2.05) is 12.1 Å². The highest BCUT2D eigenvalue weighted by atomic mass is 79.9. The lowest BCUT2D eigenvalue weighted by molar-refractivity contribution is -0.143. The van der Waals surface area contributed by atoms with Crippen LogP contribution in [0.4, 0.5) is 0 Å². The minimum Gasteiger partial charge on any atom is -0.496 e. The molecule has 2 rings (SSSR count). The molecule has 0 amide bonds. The van der Waals surface area contributed by atoms with E-state index in [0.29, 0.717) is 28.2 Å². The van der Waals surface area contributed by atoms with Crippen LogP contribution in [0.5, 0.6) is 5.75 Å². The van der Waals surface area contributed by atoms with Gasteiger partial charge in [0.15, 0.2) is 0 Å². The lowest BCUT2D eigenvalue weighted by Crippen LogP contribution is -2.31. The number of halogens is 1. The normalized spacial score (nSPS) is 16.2. The summed E-state index contributed by atoms with van der Waals surface area (Å²) in [6.45, 7) is 5.67. The average Bonchev–Trinajstić information content (AvgIpc) is 2.67. The van der Waals surface area contributed by atoms with Crippen molar-refractivity contribution < 1.29 is 28.5 Å². The van der Waals surface area contributed by atoms with Crippen LogP contribution in [0.25, 0.3) is 0 Å². The van der Waals surface area contributed by atoms with Crippen molar-refractivity contribution in [3.8, 4) is 5.75 Å². The van der Waals surface area contributed by atoms with Crippen LogP contribution in [0.3, 0.4) is 0 Å². The molecule has 1 atom stereocenters. The lowest BCUT2D eigenvalue weighted by atomic mass is 9.81. The molecule has 1 aliphatic rings. The summed E-state index contributed by atoms with van der Waals surface area (Å²) in [5.41, 5.74) is 1.84. The molecule has 0 radical (unpaired) electrons. The Kier molecular flexibility index (Phi) is 8.28. The molecule has 158 valence electrons. The van der Waals surface area contributed by atoms with Gasteiger partial charge in [0, 0.05) is 29.0 Å². The Labute approximate surface area is 179 Å². The summed E-state index contributed by atoms with van der Waals surface area (Å²) in [4.78, 5) is 25.8. The molecular formula is C21H26BrNO6. The van der Waals surface area contributed by atoms with Crippen LogP contribution in [-0.4, -0.2) is 45.5 Å². The lowest BCUT2D eigenvalue weighted by Gasteiger charge is -2.29. The first-order chi connectivity index (χ1) is 13.8. The number of methoxy groups -OCH3 is 2. The second-order valence-electron chi connectivity index (χ2n) is 6.68. The second-order valence-corrected chi connectivity index (χ2v) is 7.60. The first-order valence-electron chi connectivity index (χ1n) is 9.18. The predicted molar refractivity (Wildman–Crippen MR) is 111 cm³/mol. The monoisotopic (exact) mass is 467 g/mol. The number of nitrogens with one attached hydrogen (secondary N) is 1. The molecular weight excluding hydrogens is 442 g/mol. The Bertz CT molecular complexity index is 830. The zero-order valence-corrected chi connectivity index (χ0v) is 18.8. The maximum atomic E-state index is 12.9. The van der Waals surface area contributed by atoms with E-state index < -0.39 is 17.9 Å². The number of benzene rings is 1. The van der Waals surface area contributed by atoms with Crippen LogP contribution < -0.4 is 10.1 Å². The molecule has 0 spiro atoms. The molecule has 1 N–H and O–H groups in total. The summed E-state index contributed by atoms with van der Waals surface area (Å²) >= 11 is 3.46. The summed E-state index contributed by atoms with van der Waals surface area (Å²) in [7, 11) is 3.06. The molecule has 0 fully saturated rings. The van der Waals surface area contributed by atoms with Gasteiger partial charge in [-0.2, -0.15) is 0 Å². The largest absolute Gasteiger partial charge is 0.496 e. The number of esters is 2. The topological polar surface area (TPSA) is 83.1 Å². The maximum absolute atomic E-state index is 12.9. The van der Waals surface area contributed by atoms with Gasteiger partial charge >= 0.3 is 11.9 Å². The molecule has 1 aromatic carbocycles. The van der Waals surface area contributed by atoms with Crippen LogP contribution in [-0.2, 0) is 23.8 Å². The fraction of sp³-hybridized carbons (Fsp3) is 0.429. The smallest absolute Gasteiger partial charge is 0.336 e. The van der Waals surface area contributed by atoms with Gasteiger partial charge in [-0.1, -0.05) is 15.9 Å². The molecule has 7 nitrogen and oxygen atoms in total. The van der Waals surface area contributed by atoms with Crippen molar-refractivity contribution in [2.75, 3.05) is 27.4 Å². The number of hydrogen-bond donors (Lipinski definition) is 1. The summed E-state index contributed by atoms with van der Waals surface area (Å²) in [5, 5.41) is 2.99.